The molecule has 0 aliphatic heterocycles. The van der Waals surface area contributed by atoms with E-state index in [9.17, 15) is 31.4 Å². The highest BCUT2D eigenvalue weighted by atomic mass is 19.4. The number of benzene rings is 6. The van der Waals surface area contributed by atoms with Gasteiger partial charge in [-0.1, -0.05) is 72.8 Å². The highest BCUT2D eigenvalue weighted by molar-refractivity contribution is 6.10. The minimum absolute atomic E-state index is 0.143. The molecule has 1 N–H and O–H groups in total. The summed E-state index contributed by atoms with van der Waals surface area (Å²) >= 11 is 0. The summed E-state index contributed by atoms with van der Waals surface area (Å²) in [4.78, 5) is 0. The lowest BCUT2D eigenvalue weighted by molar-refractivity contribution is -0.139. The van der Waals surface area contributed by atoms with E-state index in [1.165, 1.54) is 12.1 Å². The van der Waals surface area contributed by atoms with Crippen LogP contribution in [0, 0.1) is 0 Å². The molecule has 0 unspecified atom stereocenters. The zero-order chi connectivity index (χ0) is 33.4. The van der Waals surface area contributed by atoms with E-state index < -0.39 is 34.6 Å². The van der Waals surface area contributed by atoms with Crippen molar-refractivity contribution < 1.29 is 31.4 Å². The number of rotatable bonds is 4. The predicted molar refractivity (Wildman–Crippen MR) is 176 cm³/mol. The van der Waals surface area contributed by atoms with Gasteiger partial charge >= 0.3 is 12.4 Å². The summed E-state index contributed by atoms with van der Waals surface area (Å²) in [6, 6.07) is 33.9. The summed E-state index contributed by atoms with van der Waals surface area (Å²) in [5.74, 6) is 0. The van der Waals surface area contributed by atoms with Crippen LogP contribution in [0.4, 0.5) is 26.3 Å². The van der Waals surface area contributed by atoms with Crippen molar-refractivity contribution in [2.75, 3.05) is 0 Å². The van der Waals surface area contributed by atoms with E-state index in [2.05, 4.69) is 0 Å². The van der Waals surface area contributed by atoms with Crippen molar-refractivity contribution in [3.8, 4) is 22.5 Å². The topological polar surface area (TPSA) is 30.1 Å². The fraction of sp³-hybridized carbons (Fsp3) is 0.0769. The molecule has 0 aliphatic rings. The number of hydrogen-bond acceptors (Lipinski definition) is 1. The maximum absolute atomic E-state index is 14.8. The average Bonchev–Trinajstić information content (AvgIpc) is 3.60. The van der Waals surface area contributed by atoms with E-state index in [1.807, 2.05) is 36.4 Å². The van der Waals surface area contributed by atoms with Crippen LogP contribution in [0.2, 0.25) is 0 Å². The van der Waals surface area contributed by atoms with Gasteiger partial charge in [0.25, 0.3) is 0 Å². The van der Waals surface area contributed by atoms with Gasteiger partial charge in [0.2, 0.25) is 0 Å². The number of aromatic nitrogens is 2. The number of para-hydroxylation sites is 3. The van der Waals surface area contributed by atoms with Gasteiger partial charge in [-0.3, -0.25) is 0 Å². The number of hydrogen-bond donors (Lipinski definition) is 1. The lowest BCUT2D eigenvalue weighted by atomic mass is 9.93. The normalized spacial score (nSPS) is 12.6. The van der Waals surface area contributed by atoms with E-state index >= 15 is 0 Å². The molecule has 0 amide bonds. The first-order valence-electron chi connectivity index (χ1n) is 15.1. The maximum Gasteiger partial charge on any atom is 0.417 e. The van der Waals surface area contributed by atoms with E-state index in [-0.39, 0.29) is 18.0 Å². The van der Waals surface area contributed by atoms with Gasteiger partial charge in [0.15, 0.2) is 0 Å². The number of aliphatic hydroxyl groups excluding tert-OH is 1. The first kappa shape index (κ1) is 29.8. The Labute approximate surface area is 269 Å². The molecule has 0 saturated heterocycles. The third kappa shape index (κ3) is 4.65. The predicted octanol–water partition coefficient (Wildman–Crippen LogP) is 11.1. The van der Waals surface area contributed by atoms with Crippen molar-refractivity contribution in [1.29, 1.82) is 0 Å². The molecule has 48 heavy (non-hydrogen) atoms. The summed E-state index contributed by atoms with van der Waals surface area (Å²) < 4.78 is 92.3. The van der Waals surface area contributed by atoms with Crippen molar-refractivity contribution in [3.05, 3.63) is 144 Å². The summed E-state index contributed by atoms with van der Waals surface area (Å²) in [7, 11) is 0. The average molecular weight is 651 g/mol. The van der Waals surface area contributed by atoms with Crippen LogP contribution in [-0.2, 0) is 19.0 Å². The van der Waals surface area contributed by atoms with Crippen LogP contribution in [0.25, 0.3) is 66.1 Å². The fourth-order valence-corrected chi connectivity index (χ4v) is 6.88. The van der Waals surface area contributed by atoms with Crippen molar-refractivity contribution in [1.82, 2.24) is 9.13 Å². The summed E-state index contributed by atoms with van der Waals surface area (Å²) in [5.41, 5.74) is 0.0366. The van der Waals surface area contributed by atoms with Crippen molar-refractivity contribution in [3.63, 3.8) is 0 Å². The highest BCUT2D eigenvalue weighted by Gasteiger charge is 2.39. The second kappa shape index (κ2) is 10.7. The highest BCUT2D eigenvalue weighted by Crippen LogP contribution is 2.45. The molecule has 238 valence electrons. The van der Waals surface area contributed by atoms with Crippen LogP contribution < -0.4 is 0 Å². The Morgan fingerprint density at radius 2 is 0.833 bits per heavy atom. The molecular formula is C39H24F6N2O. The molecule has 2 aromatic heterocycles. The number of aliphatic hydroxyl groups is 1. The minimum atomic E-state index is -4.97. The molecule has 9 heteroatoms. The molecule has 0 spiro atoms. The minimum Gasteiger partial charge on any atom is -0.392 e. The van der Waals surface area contributed by atoms with Crippen LogP contribution >= 0.6 is 0 Å². The van der Waals surface area contributed by atoms with Crippen LogP contribution in [0.3, 0.4) is 0 Å². The van der Waals surface area contributed by atoms with E-state index in [0.29, 0.717) is 27.6 Å². The zero-order valence-corrected chi connectivity index (χ0v) is 24.9. The van der Waals surface area contributed by atoms with Crippen LogP contribution in [-0.4, -0.2) is 14.2 Å². The van der Waals surface area contributed by atoms with Crippen molar-refractivity contribution in [2.24, 2.45) is 0 Å². The van der Waals surface area contributed by atoms with E-state index in [1.54, 1.807) is 63.7 Å². The van der Waals surface area contributed by atoms with Gasteiger partial charge in [-0.15, -0.1) is 0 Å². The molecule has 0 saturated carbocycles. The lowest BCUT2D eigenvalue weighted by Crippen LogP contribution is -2.13. The number of halogens is 6. The Kier molecular flexibility index (Phi) is 6.68. The Balaban J connectivity index is 1.35. The van der Waals surface area contributed by atoms with Crippen LogP contribution in [0.15, 0.2) is 127 Å². The summed E-state index contributed by atoms with van der Waals surface area (Å²) in [6.07, 6.45) is -9.93. The van der Waals surface area contributed by atoms with Gasteiger partial charge in [0.05, 0.1) is 39.8 Å². The van der Waals surface area contributed by atoms with Crippen LogP contribution in [0.5, 0.6) is 0 Å². The molecule has 6 aromatic carbocycles. The van der Waals surface area contributed by atoms with Gasteiger partial charge in [0.1, 0.15) is 0 Å². The molecule has 0 atom stereocenters. The van der Waals surface area contributed by atoms with Gasteiger partial charge < -0.3 is 14.2 Å². The molecule has 0 bridgehead atoms. The first-order chi connectivity index (χ1) is 23.0. The molecule has 3 nitrogen and oxygen atoms in total. The fourth-order valence-electron chi connectivity index (χ4n) is 6.88. The second-order valence-electron chi connectivity index (χ2n) is 11.7. The summed E-state index contributed by atoms with van der Waals surface area (Å²) in [5, 5.41) is 12.9. The smallest absolute Gasteiger partial charge is 0.392 e. The Morgan fingerprint density at radius 1 is 0.438 bits per heavy atom. The Hall–Kier alpha value is -5.54. The van der Waals surface area contributed by atoms with E-state index in [4.69, 9.17) is 0 Å². The number of nitrogens with zero attached hydrogens (tertiary/aromatic N) is 2. The molecule has 8 rings (SSSR count). The molecule has 0 fully saturated rings. The Bertz CT molecular complexity index is 2480. The molecule has 0 aliphatic carbocycles. The van der Waals surface area contributed by atoms with Gasteiger partial charge in [-0.25, -0.2) is 0 Å². The zero-order valence-electron chi connectivity index (χ0n) is 24.9. The molecule has 8 aromatic rings. The maximum atomic E-state index is 14.8. The van der Waals surface area contributed by atoms with Gasteiger partial charge in [-0.05, 0) is 71.3 Å². The second-order valence-corrected chi connectivity index (χ2v) is 11.7. The molecular weight excluding hydrogens is 626 g/mol. The largest absolute Gasteiger partial charge is 0.417 e. The lowest BCUT2D eigenvalue weighted by Gasteiger charge is -2.20. The quantitative estimate of drug-likeness (QED) is 0.189. The first-order valence-corrected chi connectivity index (χ1v) is 15.1. The van der Waals surface area contributed by atoms with Crippen LogP contribution in [0.1, 0.15) is 16.7 Å². The van der Waals surface area contributed by atoms with Crippen molar-refractivity contribution >= 4 is 43.6 Å². The number of fused-ring (bicyclic) bond motifs is 6. The van der Waals surface area contributed by atoms with E-state index in [0.717, 1.165) is 45.8 Å². The molecule has 2 heterocycles. The van der Waals surface area contributed by atoms with Gasteiger partial charge in [-0.2, -0.15) is 26.3 Å². The third-order valence-corrected chi connectivity index (χ3v) is 8.92. The standard InChI is InChI=1S/C39H24F6N2O/c40-38(41,42)32-20-24(46-34-10-4-1-7-28(34)29-8-2-5-11-35(29)46)14-16-26(32)27-17-15-25(21-33(27)39(43,44)45)47-36-12-6-3-9-30(36)31-19-23(22-48)13-18-37(31)47/h1-21,48H,22H2. The summed E-state index contributed by atoms with van der Waals surface area (Å²) in [6.45, 7) is -0.209. The third-order valence-electron chi connectivity index (χ3n) is 8.92. The van der Waals surface area contributed by atoms with Crippen molar-refractivity contribution in [2.45, 2.75) is 19.0 Å². The molecule has 0 radical (unpaired) electrons. The monoisotopic (exact) mass is 650 g/mol. The van der Waals surface area contributed by atoms with Gasteiger partial charge in [0, 0.05) is 32.9 Å². The SMILES string of the molecule is OCc1ccc2c(c1)c1ccccc1n2-c1ccc(-c2ccc(-n3c4ccccc4c4ccccc43)cc2C(F)(F)F)c(C(F)(F)F)c1. The number of alkyl halides is 6. The Morgan fingerprint density at radius 3 is 1.25 bits per heavy atom.